The maximum atomic E-state index is 4.20. The molecule has 2 rings (SSSR count). The highest BCUT2D eigenvalue weighted by Crippen LogP contribution is 2.41. The van der Waals surface area contributed by atoms with Crippen LogP contribution in [-0.4, -0.2) is 5.84 Å². The van der Waals surface area contributed by atoms with Crippen LogP contribution in [0.15, 0.2) is 17.4 Å². The maximum absolute atomic E-state index is 4.20. The van der Waals surface area contributed by atoms with E-state index < -0.39 is 0 Å². The van der Waals surface area contributed by atoms with Crippen LogP contribution in [-0.2, 0) is 0 Å². The fraction of sp³-hybridized carbons (Fsp3) is 0.625. The zero-order chi connectivity index (χ0) is 7.03. The fourth-order valence-electron chi connectivity index (χ4n) is 1.48. The van der Waals surface area contributed by atoms with Gasteiger partial charge in [0, 0.05) is 17.8 Å². The molecule has 0 N–H and O–H groups in total. The Bertz CT molecular complexity index is 199. The average molecular weight is 135 g/mol. The van der Waals surface area contributed by atoms with Crippen molar-refractivity contribution in [3.8, 4) is 0 Å². The predicted octanol–water partition coefficient (Wildman–Crippen LogP) is 1.66. The Hall–Kier alpha value is -0.790. The van der Waals surface area contributed by atoms with E-state index in [1.807, 2.05) is 0 Å². The first-order valence-electron chi connectivity index (χ1n) is 3.75. The van der Waals surface area contributed by atoms with Crippen LogP contribution < -0.4 is 5.32 Å². The van der Waals surface area contributed by atoms with Gasteiger partial charge in [0.25, 0.3) is 0 Å². The van der Waals surface area contributed by atoms with E-state index >= 15 is 0 Å². The quantitative estimate of drug-likeness (QED) is 0.523. The van der Waals surface area contributed by atoms with Gasteiger partial charge in [-0.05, 0) is 12.8 Å². The molecule has 1 aliphatic heterocycles. The normalized spacial score (nSPS) is 27.1. The summed E-state index contributed by atoms with van der Waals surface area (Å²) in [6, 6.07) is 0. The van der Waals surface area contributed by atoms with Crippen LogP contribution >= 0.6 is 0 Å². The Kier molecular flexibility index (Phi) is 1.10. The van der Waals surface area contributed by atoms with E-state index in [-0.39, 0.29) is 0 Å². The highest BCUT2D eigenvalue weighted by molar-refractivity contribution is 5.90. The van der Waals surface area contributed by atoms with Crippen LogP contribution in [0.25, 0.3) is 0 Å². The van der Waals surface area contributed by atoms with Gasteiger partial charge in [-0.3, -0.25) is 0 Å². The van der Waals surface area contributed by atoms with Gasteiger partial charge in [-0.2, -0.15) is 0 Å². The molecule has 1 heterocycles. The lowest BCUT2D eigenvalue weighted by molar-refractivity contribution is 0.257. The number of nitrogens with zero attached hydrogens (tertiary/aromatic N) is 2. The average Bonchev–Trinajstić information content (AvgIpc) is 2.33. The van der Waals surface area contributed by atoms with Gasteiger partial charge in [-0.1, -0.05) is 13.3 Å². The van der Waals surface area contributed by atoms with Crippen molar-refractivity contribution < 1.29 is 0 Å². The molecule has 10 heavy (non-hydrogen) atoms. The van der Waals surface area contributed by atoms with Crippen LogP contribution in [0.1, 0.15) is 26.2 Å². The lowest BCUT2D eigenvalue weighted by Gasteiger charge is -2.37. The Morgan fingerprint density at radius 2 is 2.20 bits per heavy atom. The molecule has 0 spiro atoms. The lowest BCUT2D eigenvalue weighted by Crippen LogP contribution is -2.37. The number of aliphatic imine (C=N–C) groups is 1. The third kappa shape index (κ3) is 0.681. The molecular formula is C8H11N2. The van der Waals surface area contributed by atoms with Gasteiger partial charge in [0.15, 0.2) is 0 Å². The summed E-state index contributed by atoms with van der Waals surface area (Å²) in [5.41, 5.74) is 0.323. The summed E-state index contributed by atoms with van der Waals surface area (Å²) in [6.45, 7) is 2.24. The van der Waals surface area contributed by atoms with Crippen LogP contribution in [0.4, 0.5) is 0 Å². The molecule has 0 saturated heterocycles. The number of hydrogen-bond acceptors (Lipinski definition) is 1. The molecule has 1 aliphatic carbocycles. The molecule has 1 saturated carbocycles. The third-order valence-electron chi connectivity index (χ3n) is 2.46. The fourth-order valence-corrected chi connectivity index (χ4v) is 1.48. The molecule has 2 aliphatic rings. The molecule has 0 amide bonds. The standard InChI is InChI=1S/C8H11N2/c1-8(3-2-4-8)7-9-5-6-10-7/h5-6H,2-4H2,1H3. The second-order valence-electron chi connectivity index (χ2n) is 3.29. The Labute approximate surface area is 61.0 Å². The van der Waals surface area contributed by atoms with Crippen molar-refractivity contribution in [2.24, 2.45) is 10.4 Å². The Morgan fingerprint density at radius 3 is 2.60 bits per heavy atom. The van der Waals surface area contributed by atoms with Crippen molar-refractivity contribution in [2.45, 2.75) is 26.2 Å². The van der Waals surface area contributed by atoms with Crippen LogP contribution in [0.5, 0.6) is 0 Å². The first-order chi connectivity index (χ1) is 4.81. The first kappa shape index (κ1) is 5.96. The van der Waals surface area contributed by atoms with Crippen LogP contribution in [0.2, 0.25) is 0 Å². The van der Waals surface area contributed by atoms with E-state index in [1.54, 1.807) is 12.4 Å². The van der Waals surface area contributed by atoms with Crippen molar-refractivity contribution in [2.75, 3.05) is 0 Å². The van der Waals surface area contributed by atoms with Gasteiger partial charge in [-0.15, -0.1) is 0 Å². The maximum Gasteiger partial charge on any atom is 0.134 e. The van der Waals surface area contributed by atoms with Crippen molar-refractivity contribution in [1.82, 2.24) is 5.32 Å². The zero-order valence-corrected chi connectivity index (χ0v) is 6.17. The minimum Gasteiger partial charge on any atom is -0.239 e. The number of hydrogen-bond donors (Lipinski definition) is 0. The molecule has 0 aromatic heterocycles. The van der Waals surface area contributed by atoms with E-state index in [0.29, 0.717) is 5.41 Å². The van der Waals surface area contributed by atoms with Gasteiger partial charge in [-0.25, -0.2) is 10.3 Å². The molecule has 2 nitrogen and oxygen atoms in total. The second kappa shape index (κ2) is 1.84. The Balaban J connectivity index is 2.11. The summed E-state index contributed by atoms with van der Waals surface area (Å²) in [5.74, 6) is 1.04. The predicted molar refractivity (Wildman–Crippen MR) is 40.7 cm³/mol. The summed E-state index contributed by atoms with van der Waals surface area (Å²) in [5, 5.41) is 4.20. The third-order valence-corrected chi connectivity index (χ3v) is 2.46. The topological polar surface area (TPSA) is 26.5 Å². The summed E-state index contributed by atoms with van der Waals surface area (Å²) < 4.78 is 0. The van der Waals surface area contributed by atoms with Crippen LogP contribution in [0, 0.1) is 5.41 Å². The van der Waals surface area contributed by atoms with Crippen molar-refractivity contribution in [1.29, 1.82) is 0 Å². The minimum absolute atomic E-state index is 0.323. The van der Waals surface area contributed by atoms with Crippen LogP contribution in [0.3, 0.4) is 0 Å². The molecule has 1 radical (unpaired) electrons. The molecule has 0 atom stereocenters. The van der Waals surface area contributed by atoms with Crippen molar-refractivity contribution >= 4 is 5.84 Å². The zero-order valence-electron chi connectivity index (χ0n) is 6.17. The molecule has 0 aromatic rings. The monoisotopic (exact) mass is 135 g/mol. The van der Waals surface area contributed by atoms with Gasteiger partial charge >= 0.3 is 0 Å². The lowest BCUT2D eigenvalue weighted by atomic mass is 9.69. The van der Waals surface area contributed by atoms with E-state index in [0.717, 1.165) is 5.84 Å². The van der Waals surface area contributed by atoms with Gasteiger partial charge < -0.3 is 0 Å². The van der Waals surface area contributed by atoms with E-state index in [4.69, 9.17) is 0 Å². The molecular weight excluding hydrogens is 124 g/mol. The molecule has 53 valence electrons. The molecule has 0 unspecified atom stereocenters. The summed E-state index contributed by atoms with van der Waals surface area (Å²) in [6.07, 6.45) is 7.41. The highest BCUT2D eigenvalue weighted by Gasteiger charge is 2.38. The Morgan fingerprint density at radius 1 is 1.40 bits per heavy atom. The first-order valence-corrected chi connectivity index (χ1v) is 3.75. The minimum atomic E-state index is 0.323. The second-order valence-corrected chi connectivity index (χ2v) is 3.29. The van der Waals surface area contributed by atoms with E-state index in [1.165, 1.54) is 19.3 Å². The SMILES string of the molecule is CC1(C2=NC=C[N]2)CCC1. The molecule has 0 bridgehead atoms. The van der Waals surface area contributed by atoms with Gasteiger partial charge in [0.2, 0.25) is 0 Å². The summed E-state index contributed by atoms with van der Waals surface area (Å²) in [7, 11) is 0. The highest BCUT2D eigenvalue weighted by atomic mass is 15.0. The molecule has 2 heteroatoms. The number of rotatable bonds is 1. The summed E-state index contributed by atoms with van der Waals surface area (Å²) in [4.78, 5) is 4.20. The largest absolute Gasteiger partial charge is 0.239 e. The summed E-state index contributed by atoms with van der Waals surface area (Å²) >= 11 is 0. The van der Waals surface area contributed by atoms with Crippen molar-refractivity contribution in [3.63, 3.8) is 0 Å². The van der Waals surface area contributed by atoms with E-state index in [9.17, 15) is 0 Å². The van der Waals surface area contributed by atoms with Crippen molar-refractivity contribution in [3.05, 3.63) is 12.4 Å². The number of amidine groups is 1. The smallest absolute Gasteiger partial charge is 0.134 e. The van der Waals surface area contributed by atoms with Gasteiger partial charge in [0.05, 0.1) is 0 Å². The van der Waals surface area contributed by atoms with E-state index in [2.05, 4.69) is 17.2 Å². The molecule has 0 aromatic carbocycles. The molecule has 1 fully saturated rings. The van der Waals surface area contributed by atoms with Gasteiger partial charge in [0.1, 0.15) is 5.84 Å².